The number of carbonyl (C=O) groups is 1. The largest absolute Gasteiger partial charge is 0.493 e. The van der Waals surface area contributed by atoms with E-state index in [1.165, 1.54) is 14.2 Å². The molecule has 1 aromatic rings. The second-order valence-electron chi connectivity index (χ2n) is 4.92. The number of carbonyl (C=O) groups excluding carboxylic acids is 1. The van der Waals surface area contributed by atoms with Gasteiger partial charge in [0.05, 0.1) is 33.1 Å². The molecule has 124 valence electrons. The minimum Gasteiger partial charge on any atom is -0.493 e. The Bertz CT molecular complexity index is 630. The van der Waals surface area contributed by atoms with Gasteiger partial charge >= 0.3 is 0 Å². The van der Waals surface area contributed by atoms with Crippen molar-refractivity contribution in [3.8, 4) is 11.5 Å². The molecule has 0 aliphatic carbocycles. The van der Waals surface area contributed by atoms with Crippen molar-refractivity contribution < 1.29 is 22.7 Å². The van der Waals surface area contributed by atoms with Gasteiger partial charge in [-0.3, -0.25) is 4.79 Å². The van der Waals surface area contributed by atoms with E-state index >= 15 is 0 Å². The van der Waals surface area contributed by atoms with Gasteiger partial charge in [-0.2, -0.15) is 4.31 Å². The summed E-state index contributed by atoms with van der Waals surface area (Å²) in [5.74, 6) is 0.783. The average molecular weight is 330 g/mol. The summed E-state index contributed by atoms with van der Waals surface area (Å²) in [7, 11) is 1.05. The molecule has 1 N–H and O–H groups in total. The third-order valence-corrected chi connectivity index (χ3v) is 4.48. The minimum absolute atomic E-state index is 0.226. The molecule has 0 radical (unpaired) electrons. The Balaban J connectivity index is 2.76. The zero-order chi connectivity index (χ0) is 16.9. The SMILES string of the molecule is COc1ccc([C@H](C)NC(=O)CN(C)S(C)(=O)=O)cc1OC. The molecule has 1 amide bonds. The van der Waals surface area contributed by atoms with Crippen LogP contribution in [0.4, 0.5) is 0 Å². The van der Waals surface area contributed by atoms with Gasteiger partial charge in [-0.15, -0.1) is 0 Å². The second kappa shape index (κ2) is 7.46. The Morgan fingerprint density at radius 1 is 1.27 bits per heavy atom. The lowest BCUT2D eigenvalue weighted by atomic mass is 10.1. The summed E-state index contributed by atoms with van der Waals surface area (Å²) < 4.78 is 33.9. The lowest BCUT2D eigenvalue weighted by Crippen LogP contribution is -2.38. The van der Waals surface area contributed by atoms with Crippen LogP contribution in [0.2, 0.25) is 0 Å². The second-order valence-corrected chi connectivity index (χ2v) is 7.01. The maximum Gasteiger partial charge on any atom is 0.235 e. The molecule has 8 heteroatoms. The van der Waals surface area contributed by atoms with E-state index in [0.29, 0.717) is 11.5 Å². The number of nitrogens with zero attached hydrogens (tertiary/aromatic N) is 1. The first-order chi connectivity index (χ1) is 10.2. The van der Waals surface area contributed by atoms with Crippen molar-refractivity contribution >= 4 is 15.9 Å². The fraction of sp³-hybridized carbons (Fsp3) is 0.500. The molecular weight excluding hydrogens is 308 g/mol. The van der Waals surface area contributed by atoms with Crippen LogP contribution in [0.25, 0.3) is 0 Å². The van der Waals surface area contributed by atoms with Gasteiger partial charge < -0.3 is 14.8 Å². The van der Waals surface area contributed by atoms with E-state index in [-0.39, 0.29) is 18.5 Å². The highest BCUT2D eigenvalue weighted by Gasteiger charge is 2.17. The Morgan fingerprint density at radius 2 is 1.86 bits per heavy atom. The maximum atomic E-state index is 11.9. The van der Waals surface area contributed by atoms with Gasteiger partial charge in [0.1, 0.15) is 0 Å². The van der Waals surface area contributed by atoms with E-state index in [4.69, 9.17) is 9.47 Å². The van der Waals surface area contributed by atoms with Crippen LogP contribution in [0, 0.1) is 0 Å². The van der Waals surface area contributed by atoms with Crippen molar-refractivity contribution in [2.75, 3.05) is 34.1 Å². The average Bonchev–Trinajstić information content (AvgIpc) is 2.45. The van der Waals surface area contributed by atoms with E-state index in [1.807, 2.05) is 6.07 Å². The smallest absolute Gasteiger partial charge is 0.235 e. The molecule has 0 aliphatic rings. The topological polar surface area (TPSA) is 84.9 Å². The number of rotatable bonds is 7. The molecule has 0 aliphatic heterocycles. The van der Waals surface area contributed by atoms with Crippen LogP contribution >= 0.6 is 0 Å². The molecule has 0 saturated heterocycles. The van der Waals surface area contributed by atoms with Gasteiger partial charge in [-0.05, 0) is 24.6 Å². The molecule has 0 aromatic heterocycles. The fourth-order valence-electron chi connectivity index (χ4n) is 1.81. The van der Waals surface area contributed by atoms with Crippen LogP contribution < -0.4 is 14.8 Å². The molecule has 0 spiro atoms. The summed E-state index contributed by atoms with van der Waals surface area (Å²) in [5, 5.41) is 2.75. The van der Waals surface area contributed by atoms with Crippen LogP contribution in [0.5, 0.6) is 11.5 Å². The van der Waals surface area contributed by atoms with E-state index in [1.54, 1.807) is 26.2 Å². The highest BCUT2D eigenvalue weighted by atomic mass is 32.2. The monoisotopic (exact) mass is 330 g/mol. The predicted octanol–water partition coefficient (Wildman–Crippen LogP) is 0.772. The van der Waals surface area contributed by atoms with E-state index in [0.717, 1.165) is 16.1 Å². The van der Waals surface area contributed by atoms with Crippen LogP contribution in [-0.4, -0.2) is 52.7 Å². The summed E-state index contributed by atoms with van der Waals surface area (Å²) in [6.45, 7) is 1.58. The van der Waals surface area contributed by atoms with Crippen LogP contribution in [0.3, 0.4) is 0 Å². The third-order valence-electron chi connectivity index (χ3n) is 3.22. The molecule has 0 unspecified atom stereocenters. The molecule has 0 heterocycles. The Labute approximate surface area is 131 Å². The first-order valence-electron chi connectivity index (χ1n) is 6.61. The summed E-state index contributed by atoms with van der Waals surface area (Å²) in [5.41, 5.74) is 0.827. The maximum absolute atomic E-state index is 11.9. The number of hydrogen-bond donors (Lipinski definition) is 1. The lowest BCUT2D eigenvalue weighted by Gasteiger charge is -2.19. The Hall–Kier alpha value is -1.80. The van der Waals surface area contributed by atoms with E-state index < -0.39 is 10.0 Å². The summed E-state index contributed by atoms with van der Waals surface area (Å²) in [6, 6.07) is 5.04. The zero-order valence-corrected chi connectivity index (χ0v) is 14.2. The summed E-state index contributed by atoms with van der Waals surface area (Å²) in [6.07, 6.45) is 1.05. The highest BCUT2D eigenvalue weighted by molar-refractivity contribution is 7.88. The number of hydrogen-bond acceptors (Lipinski definition) is 5. The van der Waals surface area contributed by atoms with Crippen molar-refractivity contribution in [3.05, 3.63) is 23.8 Å². The Morgan fingerprint density at radius 3 is 2.36 bits per heavy atom. The number of benzene rings is 1. The molecule has 1 atom stereocenters. The lowest BCUT2D eigenvalue weighted by molar-refractivity contribution is -0.121. The van der Waals surface area contributed by atoms with E-state index in [9.17, 15) is 13.2 Å². The third kappa shape index (κ3) is 4.88. The van der Waals surface area contributed by atoms with E-state index in [2.05, 4.69) is 5.32 Å². The van der Waals surface area contributed by atoms with Crippen LogP contribution in [-0.2, 0) is 14.8 Å². The number of ether oxygens (including phenoxy) is 2. The Kier molecular flexibility index (Phi) is 6.19. The molecular formula is C14H22N2O5S. The first kappa shape index (κ1) is 18.2. The standard InChI is InChI=1S/C14H22N2O5S/c1-10(15-14(17)9-16(2)22(5,18)19)11-6-7-12(20-3)13(8-11)21-4/h6-8,10H,9H2,1-5H3,(H,15,17)/t10-/m0/s1. The van der Waals surface area contributed by atoms with Gasteiger partial charge in [-0.1, -0.05) is 6.07 Å². The number of methoxy groups -OCH3 is 2. The van der Waals surface area contributed by atoms with Crippen molar-refractivity contribution in [1.29, 1.82) is 0 Å². The van der Waals surface area contributed by atoms with Gasteiger partial charge in [0.15, 0.2) is 11.5 Å². The van der Waals surface area contributed by atoms with Crippen molar-refractivity contribution in [1.82, 2.24) is 9.62 Å². The van der Waals surface area contributed by atoms with Gasteiger partial charge in [-0.25, -0.2) is 8.42 Å². The number of likely N-dealkylation sites (N-methyl/N-ethyl adjacent to an activating group) is 1. The quantitative estimate of drug-likeness (QED) is 0.798. The molecule has 0 saturated carbocycles. The van der Waals surface area contributed by atoms with Crippen molar-refractivity contribution in [3.63, 3.8) is 0 Å². The summed E-state index contributed by atoms with van der Waals surface area (Å²) >= 11 is 0. The number of amides is 1. The molecule has 0 fully saturated rings. The normalized spacial score (nSPS) is 12.8. The summed E-state index contributed by atoms with van der Waals surface area (Å²) in [4.78, 5) is 11.9. The zero-order valence-electron chi connectivity index (χ0n) is 13.4. The first-order valence-corrected chi connectivity index (χ1v) is 8.46. The molecule has 0 bridgehead atoms. The van der Waals surface area contributed by atoms with Gasteiger partial charge in [0.2, 0.25) is 15.9 Å². The number of sulfonamides is 1. The predicted molar refractivity (Wildman–Crippen MR) is 83.6 cm³/mol. The molecule has 22 heavy (non-hydrogen) atoms. The molecule has 7 nitrogen and oxygen atoms in total. The number of nitrogens with one attached hydrogen (secondary N) is 1. The van der Waals surface area contributed by atoms with Crippen LogP contribution in [0.15, 0.2) is 18.2 Å². The van der Waals surface area contributed by atoms with Gasteiger partial charge in [0, 0.05) is 7.05 Å². The van der Waals surface area contributed by atoms with Crippen molar-refractivity contribution in [2.45, 2.75) is 13.0 Å². The molecule has 1 rings (SSSR count). The van der Waals surface area contributed by atoms with Crippen molar-refractivity contribution in [2.24, 2.45) is 0 Å². The molecule has 1 aromatic carbocycles. The minimum atomic E-state index is -3.38. The van der Waals surface area contributed by atoms with Gasteiger partial charge in [0.25, 0.3) is 0 Å². The van der Waals surface area contributed by atoms with Crippen LogP contribution in [0.1, 0.15) is 18.5 Å². The highest BCUT2D eigenvalue weighted by Crippen LogP contribution is 2.29. The fourth-order valence-corrected chi connectivity index (χ4v) is 2.16.